The van der Waals surface area contributed by atoms with Gasteiger partial charge in [0.15, 0.2) is 0 Å². The molecule has 0 saturated heterocycles. The van der Waals surface area contributed by atoms with Crippen molar-refractivity contribution in [1.82, 2.24) is 0 Å². The molecule has 4 rings (SSSR count). The Balaban J connectivity index is 1.49. The van der Waals surface area contributed by atoms with Gasteiger partial charge in [0, 0.05) is 0 Å². The van der Waals surface area contributed by atoms with Gasteiger partial charge in [-0.05, 0) is 66.1 Å². The van der Waals surface area contributed by atoms with Gasteiger partial charge in [0.05, 0.1) is 12.0 Å². The summed E-state index contributed by atoms with van der Waals surface area (Å²) >= 11 is 0. The molecule has 146 valence electrons. The van der Waals surface area contributed by atoms with Crippen molar-refractivity contribution in [2.45, 2.75) is 12.3 Å². The van der Waals surface area contributed by atoms with Gasteiger partial charge in [-0.25, -0.2) is 0 Å². The summed E-state index contributed by atoms with van der Waals surface area (Å²) in [5.74, 6) is 2.76. The highest BCUT2D eigenvalue weighted by Crippen LogP contribution is 2.29. The number of hydrogen-bond acceptors (Lipinski definition) is 3. The number of para-hydroxylation sites is 2. The SMILES string of the molecule is N#CC(Cc1cccc(Oc2ccccc2)c1)c1cccc(Oc2ccccc2)c1. The number of benzene rings is 4. The summed E-state index contributed by atoms with van der Waals surface area (Å²) in [4.78, 5) is 0. The standard InChI is InChI=1S/C27H21NO2/c28-20-23(22-10-8-16-27(19-22)30-25-13-5-2-6-14-25)17-21-9-7-15-26(18-21)29-24-11-3-1-4-12-24/h1-16,18-19,23H,17H2. The fourth-order valence-electron chi connectivity index (χ4n) is 3.25. The van der Waals surface area contributed by atoms with Crippen LogP contribution in [0.15, 0.2) is 109 Å². The zero-order chi connectivity index (χ0) is 20.6. The van der Waals surface area contributed by atoms with Crippen molar-refractivity contribution in [3.05, 3.63) is 120 Å². The maximum absolute atomic E-state index is 9.80. The molecule has 3 heteroatoms. The first-order chi connectivity index (χ1) is 14.8. The predicted molar refractivity (Wildman–Crippen MR) is 118 cm³/mol. The lowest BCUT2D eigenvalue weighted by atomic mass is 9.93. The minimum absolute atomic E-state index is 0.281. The predicted octanol–water partition coefficient (Wildman–Crippen LogP) is 7.12. The second kappa shape index (κ2) is 9.45. The maximum Gasteiger partial charge on any atom is 0.127 e. The van der Waals surface area contributed by atoms with Gasteiger partial charge in [-0.15, -0.1) is 0 Å². The molecule has 0 saturated carbocycles. The average molecular weight is 391 g/mol. The van der Waals surface area contributed by atoms with Crippen molar-refractivity contribution in [3.8, 4) is 29.1 Å². The van der Waals surface area contributed by atoms with E-state index in [2.05, 4.69) is 6.07 Å². The van der Waals surface area contributed by atoms with Crippen molar-refractivity contribution < 1.29 is 9.47 Å². The largest absolute Gasteiger partial charge is 0.457 e. The van der Waals surface area contributed by atoms with Crippen LogP contribution in [0.5, 0.6) is 23.0 Å². The smallest absolute Gasteiger partial charge is 0.127 e. The lowest BCUT2D eigenvalue weighted by Gasteiger charge is -2.13. The molecule has 0 aliphatic heterocycles. The third kappa shape index (κ3) is 5.06. The molecule has 3 nitrogen and oxygen atoms in total. The van der Waals surface area contributed by atoms with Crippen LogP contribution in [-0.2, 0) is 6.42 Å². The lowest BCUT2D eigenvalue weighted by Crippen LogP contribution is -2.01. The molecule has 0 N–H and O–H groups in total. The number of nitriles is 1. The van der Waals surface area contributed by atoms with Crippen LogP contribution in [0.25, 0.3) is 0 Å². The molecular weight excluding hydrogens is 370 g/mol. The Labute approximate surface area is 176 Å². The van der Waals surface area contributed by atoms with Gasteiger partial charge in [-0.3, -0.25) is 0 Å². The summed E-state index contributed by atoms with van der Waals surface area (Å²) < 4.78 is 11.8. The zero-order valence-electron chi connectivity index (χ0n) is 16.4. The van der Waals surface area contributed by atoms with E-state index in [1.165, 1.54) is 0 Å². The highest BCUT2D eigenvalue weighted by Gasteiger charge is 2.13. The Bertz CT molecular complexity index is 1130. The Morgan fingerprint density at radius 3 is 1.73 bits per heavy atom. The first kappa shape index (κ1) is 19.3. The molecule has 0 fully saturated rings. The molecule has 4 aromatic rings. The fourth-order valence-corrected chi connectivity index (χ4v) is 3.25. The minimum atomic E-state index is -0.281. The molecule has 0 heterocycles. The van der Waals surface area contributed by atoms with Gasteiger partial charge in [0.1, 0.15) is 23.0 Å². The van der Waals surface area contributed by atoms with Crippen LogP contribution in [0.3, 0.4) is 0 Å². The number of rotatable bonds is 7. The van der Waals surface area contributed by atoms with Crippen LogP contribution >= 0.6 is 0 Å². The van der Waals surface area contributed by atoms with Crippen LogP contribution in [0, 0.1) is 11.3 Å². The van der Waals surface area contributed by atoms with Gasteiger partial charge in [0.25, 0.3) is 0 Å². The van der Waals surface area contributed by atoms with Gasteiger partial charge in [-0.1, -0.05) is 60.7 Å². The number of nitrogens with zero attached hydrogens (tertiary/aromatic N) is 1. The molecule has 0 aromatic heterocycles. The average Bonchev–Trinajstić information content (AvgIpc) is 2.79. The summed E-state index contributed by atoms with van der Waals surface area (Å²) in [6, 6.07) is 37.4. The second-order valence-corrected chi connectivity index (χ2v) is 6.94. The minimum Gasteiger partial charge on any atom is -0.457 e. The van der Waals surface area contributed by atoms with Crippen LogP contribution in [0.1, 0.15) is 17.0 Å². The lowest BCUT2D eigenvalue weighted by molar-refractivity contribution is 0.480. The summed E-state index contributed by atoms with van der Waals surface area (Å²) in [6.07, 6.45) is 0.595. The first-order valence-corrected chi connectivity index (χ1v) is 9.84. The van der Waals surface area contributed by atoms with Gasteiger partial charge >= 0.3 is 0 Å². The second-order valence-electron chi connectivity index (χ2n) is 6.94. The zero-order valence-corrected chi connectivity index (χ0v) is 16.4. The van der Waals surface area contributed by atoms with Gasteiger partial charge < -0.3 is 9.47 Å². The summed E-state index contributed by atoms with van der Waals surface area (Å²) in [5, 5.41) is 9.80. The normalized spacial score (nSPS) is 11.3. The van der Waals surface area contributed by atoms with Crippen molar-refractivity contribution in [2.24, 2.45) is 0 Å². The molecule has 0 bridgehead atoms. The highest BCUT2D eigenvalue weighted by molar-refractivity contribution is 5.39. The molecule has 1 atom stereocenters. The molecule has 4 aromatic carbocycles. The summed E-state index contributed by atoms with van der Waals surface area (Å²) in [5.41, 5.74) is 1.98. The van der Waals surface area contributed by atoms with Gasteiger partial charge in [-0.2, -0.15) is 5.26 Å². The molecule has 1 unspecified atom stereocenters. The van der Waals surface area contributed by atoms with E-state index in [-0.39, 0.29) is 5.92 Å². The molecule has 0 aliphatic carbocycles. The quantitative estimate of drug-likeness (QED) is 0.337. The molecular formula is C27H21NO2. The molecule has 0 amide bonds. The Morgan fingerprint density at radius 2 is 1.13 bits per heavy atom. The number of hydrogen-bond donors (Lipinski definition) is 0. The third-order valence-electron chi connectivity index (χ3n) is 4.71. The van der Waals surface area contributed by atoms with E-state index in [0.29, 0.717) is 6.42 Å². The van der Waals surface area contributed by atoms with E-state index in [1.54, 1.807) is 0 Å². The highest BCUT2D eigenvalue weighted by atomic mass is 16.5. The molecule has 0 spiro atoms. The van der Waals surface area contributed by atoms with Gasteiger partial charge in [0.2, 0.25) is 0 Å². The van der Waals surface area contributed by atoms with Crippen molar-refractivity contribution >= 4 is 0 Å². The third-order valence-corrected chi connectivity index (χ3v) is 4.71. The number of ether oxygens (including phenoxy) is 2. The maximum atomic E-state index is 9.80. The topological polar surface area (TPSA) is 42.2 Å². The molecule has 0 radical (unpaired) electrons. The fraction of sp³-hybridized carbons (Fsp3) is 0.0741. The van der Waals surface area contributed by atoms with E-state index >= 15 is 0 Å². The van der Waals surface area contributed by atoms with E-state index in [1.807, 2.05) is 109 Å². The Morgan fingerprint density at radius 1 is 0.600 bits per heavy atom. The van der Waals surface area contributed by atoms with E-state index in [9.17, 15) is 5.26 Å². The molecule has 30 heavy (non-hydrogen) atoms. The first-order valence-electron chi connectivity index (χ1n) is 9.84. The van der Waals surface area contributed by atoms with Crippen LogP contribution < -0.4 is 9.47 Å². The summed E-state index contributed by atoms with van der Waals surface area (Å²) in [6.45, 7) is 0. The Kier molecular flexibility index (Phi) is 6.08. The van der Waals surface area contributed by atoms with Crippen molar-refractivity contribution in [2.75, 3.05) is 0 Å². The summed E-state index contributed by atoms with van der Waals surface area (Å²) in [7, 11) is 0. The monoisotopic (exact) mass is 391 g/mol. The van der Waals surface area contributed by atoms with Crippen molar-refractivity contribution in [3.63, 3.8) is 0 Å². The van der Waals surface area contributed by atoms with E-state index in [4.69, 9.17) is 9.47 Å². The van der Waals surface area contributed by atoms with E-state index in [0.717, 1.165) is 34.1 Å². The van der Waals surface area contributed by atoms with Crippen LogP contribution in [0.2, 0.25) is 0 Å². The van der Waals surface area contributed by atoms with Crippen molar-refractivity contribution in [1.29, 1.82) is 5.26 Å². The van der Waals surface area contributed by atoms with Crippen LogP contribution in [-0.4, -0.2) is 0 Å². The Hall–Kier alpha value is -4.03. The molecule has 0 aliphatic rings. The van der Waals surface area contributed by atoms with Crippen LogP contribution in [0.4, 0.5) is 0 Å². The van der Waals surface area contributed by atoms with E-state index < -0.39 is 0 Å².